The van der Waals surface area contributed by atoms with Gasteiger partial charge >= 0.3 is 0 Å². The van der Waals surface area contributed by atoms with Gasteiger partial charge in [-0.05, 0) is 52.9 Å². The minimum Gasteiger partial charge on any atom is -0.383 e. The molecule has 0 unspecified atom stereocenters. The first-order chi connectivity index (χ1) is 13.4. The van der Waals surface area contributed by atoms with E-state index in [1.165, 1.54) is 26.4 Å². The Balaban J connectivity index is 1.60. The second-order valence-electron chi connectivity index (χ2n) is 6.33. The Morgan fingerprint density at radius 2 is 1.78 bits per heavy atom. The molecule has 0 saturated carbocycles. The molecule has 0 fully saturated rings. The van der Waals surface area contributed by atoms with Gasteiger partial charge in [-0.2, -0.15) is 0 Å². The van der Waals surface area contributed by atoms with E-state index in [4.69, 9.17) is 4.99 Å². The highest BCUT2D eigenvalue weighted by Crippen LogP contribution is 2.34. The fourth-order valence-electron chi connectivity index (χ4n) is 3.32. The average molecular weight is 388 g/mol. The fourth-order valence-corrected chi connectivity index (χ4v) is 5.05. The lowest BCUT2D eigenvalue weighted by Crippen LogP contribution is -2.05. The van der Waals surface area contributed by atoms with Crippen molar-refractivity contribution < 1.29 is 0 Å². The molecule has 0 radical (unpaired) electrons. The van der Waals surface area contributed by atoms with E-state index >= 15 is 0 Å². The number of hydrogen-bond donors (Lipinski definition) is 1. The van der Waals surface area contributed by atoms with Crippen LogP contribution in [0.15, 0.2) is 76.7 Å². The van der Waals surface area contributed by atoms with E-state index in [9.17, 15) is 0 Å². The topological polar surface area (TPSA) is 37.3 Å². The Kier molecular flexibility index (Phi) is 4.32. The van der Waals surface area contributed by atoms with Gasteiger partial charge in [0.15, 0.2) is 0 Å². The third kappa shape index (κ3) is 3.20. The molecule has 0 aliphatic carbocycles. The van der Waals surface area contributed by atoms with Crippen LogP contribution >= 0.6 is 22.7 Å². The zero-order valence-corrected chi connectivity index (χ0v) is 16.2. The number of aromatic nitrogens is 1. The summed E-state index contributed by atoms with van der Waals surface area (Å²) in [5.41, 5.74) is 6.93. The number of hydrogen-bond acceptors (Lipinski definition) is 5. The van der Waals surface area contributed by atoms with Crippen LogP contribution in [0.4, 0.5) is 5.69 Å². The van der Waals surface area contributed by atoms with Crippen LogP contribution in [0.1, 0.15) is 11.1 Å². The van der Waals surface area contributed by atoms with E-state index in [-0.39, 0.29) is 0 Å². The van der Waals surface area contributed by atoms with E-state index in [0.717, 1.165) is 30.1 Å². The summed E-state index contributed by atoms with van der Waals surface area (Å²) in [6, 6.07) is 17.2. The first-order valence-corrected chi connectivity index (χ1v) is 10.6. The van der Waals surface area contributed by atoms with E-state index in [0.29, 0.717) is 0 Å². The molecule has 5 rings (SSSR count). The molecule has 1 aliphatic rings. The SMILES string of the molecule is c1csc(-c2cc(C3=NCCNc4ccc(-c5ccncc5)cc43)cs2)c1. The molecule has 0 amide bonds. The highest BCUT2D eigenvalue weighted by atomic mass is 32.1. The number of anilines is 1. The monoisotopic (exact) mass is 387 g/mol. The van der Waals surface area contributed by atoms with Crippen LogP contribution in [0.2, 0.25) is 0 Å². The third-order valence-electron chi connectivity index (χ3n) is 4.62. The summed E-state index contributed by atoms with van der Waals surface area (Å²) < 4.78 is 0. The van der Waals surface area contributed by atoms with Crippen LogP contribution in [0.5, 0.6) is 0 Å². The zero-order chi connectivity index (χ0) is 18.1. The number of benzodiazepines with no additional fused rings is 1. The standard InChI is InChI=1S/C22H17N3S2/c1-2-20(26-11-1)21-13-17(14-27-21)22-18-12-16(15-5-7-23-8-6-15)3-4-19(18)24-9-10-25-22/h1-8,11-14,24H,9-10H2. The number of fused-ring (bicyclic) bond motifs is 1. The van der Waals surface area contributed by atoms with Gasteiger partial charge in [0, 0.05) is 50.9 Å². The van der Waals surface area contributed by atoms with Gasteiger partial charge in [0.1, 0.15) is 0 Å². The Morgan fingerprint density at radius 1 is 0.852 bits per heavy atom. The summed E-state index contributed by atoms with van der Waals surface area (Å²) in [5, 5.41) is 7.86. The smallest absolute Gasteiger partial charge is 0.0749 e. The molecule has 1 aliphatic heterocycles. The predicted octanol–water partition coefficient (Wildman–Crippen LogP) is 5.80. The van der Waals surface area contributed by atoms with Crippen molar-refractivity contribution in [3.05, 3.63) is 82.8 Å². The molecule has 3 aromatic heterocycles. The number of rotatable bonds is 3. The van der Waals surface area contributed by atoms with Gasteiger partial charge < -0.3 is 5.32 Å². The number of nitrogens with zero attached hydrogens (tertiary/aromatic N) is 2. The molecular weight excluding hydrogens is 370 g/mol. The Bertz CT molecular complexity index is 1100. The molecule has 5 heteroatoms. The number of benzene rings is 1. The average Bonchev–Trinajstić information content (AvgIpc) is 3.37. The Labute approximate surface area is 166 Å². The van der Waals surface area contributed by atoms with Gasteiger partial charge in [0.05, 0.1) is 12.3 Å². The first kappa shape index (κ1) is 16.4. The molecule has 0 atom stereocenters. The number of aliphatic imine (C=N–C) groups is 1. The second-order valence-corrected chi connectivity index (χ2v) is 8.19. The maximum absolute atomic E-state index is 4.92. The van der Waals surface area contributed by atoms with Gasteiger partial charge in [-0.15, -0.1) is 22.7 Å². The molecule has 1 aromatic carbocycles. The van der Waals surface area contributed by atoms with Crippen molar-refractivity contribution in [2.24, 2.45) is 4.99 Å². The molecule has 3 nitrogen and oxygen atoms in total. The van der Waals surface area contributed by atoms with Crippen molar-refractivity contribution in [2.45, 2.75) is 0 Å². The summed E-state index contributed by atoms with van der Waals surface area (Å²) in [4.78, 5) is 11.7. The lowest BCUT2D eigenvalue weighted by molar-refractivity contribution is 1.04. The van der Waals surface area contributed by atoms with Crippen LogP contribution in [-0.2, 0) is 0 Å². The molecule has 4 aromatic rings. The van der Waals surface area contributed by atoms with Crippen LogP contribution < -0.4 is 5.32 Å². The second kappa shape index (κ2) is 7.10. The normalized spacial score (nSPS) is 13.4. The van der Waals surface area contributed by atoms with E-state index < -0.39 is 0 Å². The largest absolute Gasteiger partial charge is 0.383 e. The molecule has 4 heterocycles. The maximum atomic E-state index is 4.92. The number of thiophene rings is 2. The van der Waals surface area contributed by atoms with Crippen molar-refractivity contribution in [1.29, 1.82) is 0 Å². The Hall–Kier alpha value is -2.76. The molecule has 27 heavy (non-hydrogen) atoms. The summed E-state index contributed by atoms with van der Waals surface area (Å²) in [7, 11) is 0. The van der Waals surface area contributed by atoms with Gasteiger partial charge in [-0.1, -0.05) is 12.1 Å². The van der Waals surface area contributed by atoms with Crippen molar-refractivity contribution >= 4 is 34.1 Å². The predicted molar refractivity (Wildman–Crippen MR) is 116 cm³/mol. The molecule has 0 saturated heterocycles. The van der Waals surface area contributed by atoms with Crippen LogP contribution in [-0.4, -0.2) is 23.8 Å². The highest BCUT2D eigenvalue weighted by Gasteiger charge is 2.17. The minimum absolute atomic E-state index is 0.777. The quantitative estimate of drug-likeness (QED) is 0.482. The molecule has 132 valence electrons. The lowest BCUT2D eigenvalue weighted by atomic mass is 9.97. The van der Waals surface area contributed by atoms with Gasteiger partial charge in [0.25, 0.3) is 0 Å². The summed E-state index contributed by atoms with van der Waals surface area (Å²) >= 11 is 3.56. The molecule has 0 bridgehead atoms. The lowest BCUT2D eigenvalue weighted by Gasteiger charge is -2.12. The Morgan fingerprint density at radius 3 is 2.63 bits per heavy atom. The van der Waals surface area contributed by atoms with E-state index in [1.54, 1.807) is 22.7 Å². The summed E-state index contributed by atoms with van der Waals surface area (Å²) in [5.74, 6) is 0. The number of pyridine rings is 1. The van der Waals surface area contributed by atoms with Gasteiger partial charge in [-0.25, -0.2) is 0 Å². The van der Waals surface area contributed by atoms with E-state index in [2.05, 4.69) is 57.5 Å². The summed E-state index contributed by atoms with van der Waals surface area (Å²) in [6.07, 6.45) is 3.67. The van der Waals surface area contributed by atoms with Crippen LogP contribution in [0.3, 0.4) is 0 Å². The minimum atomic E-state index is 0.777. The summed E-state index contributed by atoms with van der Waals surface area (Å²) in [6.45, 7) is 1.63. The fraction of sp³-hybridized carbons (Fsp3) is 0.0909. The van der Waals surface area contributed by atoms with Crippen molar-refractivity contribution in [2.75, 3.05) is 18.4 Å². The van der Waals surface area contributed by atoms with Crippen LogP contribution in [0.25, 0.3) is 20.9 Å². The van der Waals surface area contributed by atoms with Crippen molar-refractivity contribution in [1.82, 2.24) is 4.98 Å². The van der Waals surface area contributed by atoms with Crippen molar-refractivity contribution in [3.63, 3.8) is 0 Å². The zero-order valence-electron chi connectivity index (χ0n) is 14.6. The number of nitrogens with one attached hydrogen (secondary N) is 1. The van der Waals surface area contributed by atoms with Gasteiger partial charge in [-0.3, -0.25) is 9.98 Å². The van der Waals surface area contributed by atoms with E-state index in [1.807, 2.05) is 24.5 Å². The van der Waals surface area contributed by atoms with Crippen LogP contribution in [0, 0.1) is 0 Å². The molecule has 0 spiro atoms. The molecular formula is C22H17N3S2. The maximum Gasteiger partial charge on any atom is 0.0749 e. The third-order valence-corrected chi connectivity index (χ3v) is 6.62. The van der Waals surface area contributed by atoms with Gasteiger partial charge in [0.2, 0.25) is 0 Å². The molecule has 1 N–H and O–H groups in total. The van der Waals surface area contributed by atoms with Crippen molar-refractivity contribution in [3.8, 4) is 20.9 Å². The highest BCUT2D eigenvalue weighted by molar-refractivity contribution is 7.20. The first-order valence-electron chi connectivity index (χ1n) is 8.84.